The number of ketones is 1. The molecule has 2 saturated carbocycles. The average molecular weight is 434 g/mol. The van der Waals surface area contributed by atoms with E-state index in [1.165, 1.54) is 22.4 Å². The van der Waals surface area contributed by atoms with E-state index in [0.29, 0.717) is 36.0 Å². The predicted octanol–water partition coefficient (Wildman–Crippen LogP) is 6.18. The van der Waals surface area contributed by atoms with E-state index in [2.05, 4.69) is 56.9 Å². The van der Waals surface area contributed by atoms with Crippen molar-refractivity contribution >= 4 is 11.5 Å². The zero-order valence-electron chi connectivity index (χ0n) is 20.2. The number of aliphatic hydroxyl groups excluding tert-OH is 1. The molecule has 0 aliphatic heterocycles. The predicted molar refractivity (Wildman–Crippen MR) is 131 cm³/mol. The fourth-order valence-corrected chi connectivity index (χ4v) is 7.68. The van der Waals surface area contributed by atoms with Crippen LogP contribution < -0.4 is 4.90 Å². The quantitative estimate of drug-likeness (QED) is 0.616. The van der Waals surface area contributed by atoms with E-state index in [1.807, 2.05) is 6.08 Å². The molecule has 1 aromatic rings. The Morgan fingerprint density at radius 1 is 1.09 bits per heavy atom. The van der Waals surface area contributed by atoms with Crippen molar-refractivity contribution in [1.29, 1.82) is 0 Å². The van der Waals surface area contributed by atoms with E-state index in [0.717, 1.165) is 45.1 Å². The highest BCUT2D eigenvalue weighted by Crippen LogP contribution is 2.63. The minimum Gasteiger partial charge on any atom is -0.393 e. The molecule has 4 aliphatic rings. The fraction of sp³-hybridized carbons (Fsp3) is 0.621. The Morgan fingerprint density at radius 3 is 2.53 bits per heavy atom. The number of allylic oxidation sites excluding steroid dienone is 4. The number of anilines is 1. The van der Waals surface area contributed by atoms with Crippen LogP contribution in [0, 0.1) is 17.3 Å². The number of fused-ring (bicyclic) bond motifs is 4. The van der Waals surface area contributed by atoms with Gasteiger partial charge in [0.15, 0.2) is 5.78 Å². The van der Waals surface area contributed by atoms with Gasteiger partial charge in [0, 0.05) is 30.6 Å². The summed E-state index contributed by atoms with van der Waals surface area (Å²) in [6.07, 6.45) is 8.59. The first-order valence-corrected chi connectivity index (χ1v) is 12.8. The molecule has 1 N–H and O–H groups in total. The van der Waals surface area contributed by atoms with E-state index in [-0.39, 0.29) is 11.5 Å². The third-order valence-electron chi connectivity index (χ3n) is 9.27. The van der Waals surface area contributed by atoms with Crippen LogP contribution in [-0.4, -0.2) is 29.6 Å². The first-order valence-electron chi connectivity index (χ1n) is 12.8. The second-order valence-corrected chi connectivity index (χ2v) is 11.1. The summed E-state index contributed by atoms with van der Waals surface area (Å²) in [6, 6.07) is 9.75. The molecule has 0 amide bonds. The van der Waals surface area contributed by atoms with Gasteiger partial charge in [-0.3, -0.25) is 4.79 Å². The third kappa shape index (κ3) is 3.39. The van der Waals surface area contributed by atoms with Gasteiger partial charge in [-0.15, -0.1) is 0 Å². The van der Waals surface area contributed by atoms with Crippen molar-refractivity contribution in [3.05, 3.63) is 52.6 Å². The second kappa shape index (κ2) is 8.17. The number of aliphatic hydroxyl groups is 1. The van der Waals surface area contributed by atoms with E-state index in [1.54, 1.807) is 5.57 Å². The molecule has 2 fully saturated rings. The van der Waals surface area contributed by atoms with Crippen molar-refractivity contribution in [2.24, 2.45) is 17.3 Å². The molecule has 5 rings (SSSR count). The highest BCUT2D eigenvalue weighted by molar-refractivity contribution is 5.93. The number of hydrogen-bond acceptors (Lipinski definition) is 3. The lowest BCUT2D eigenvalue weighted by molar-refractivity contribution is -0.114. The van der Waals surface area contributed by atoms with Crippen LogP contribution in [0.5, 0.6) is 0 Å². The fourth-order valence-electron chi connectivity index (χ4n) is 7.68. The Morgan fingerprint density at radius 2 is 1.84 bits per heavy atom. The summed E-state index contributed by atoms with van der Waals surface area (Å²) in [6.45, 7) is 10.1. The monoisotopic (exact) mass is 433 g/mol. The van der Waals surface area contributed by atoms with Crippen LogP contribution in [0.3, 0.4) is 0 Å². The number of rotatable bonds is 4. The molecule has 3 heteroatoms. The minimum absolute atomic E-state index is 0.00282. The van der Waals surface area contributed by atoms with E-state index in [9.17, 15) is 9.90 Å². The zero-order chi connectivity index (χ0) is 22.6. The molecular weight excluding hydrogens is 394 g/mol. The van der Waals surface area contributed by atoms with Crippen LogP contribution in [0.2, 0.25) is 0 Å². The molecule has 5 atom stereocenters. The minimum atomic E-state index is -0.192. The van der Waals surface area contributed by atoms with Crippen LogP contribution in [0.1, 0.15) is 84.1 Å². The summed E-state index contributed by atoms with van der Waals surface area (Å²) in [7, 11) is 0. The van der Waals surface area contributed by atoms with Gasteiger partial charge in [0.1, 0.15) is 0 Å². The normalized spacial score (nSPS) is 34.2. The average Bonchev–Trinajstić information content (AvgIpc) is 3.08. The van der Waals surface area contributed by atoms with Crippen molar-refractivity contribution in [2.75, 3.05) is 11.4 Å². The Labute approximate surface area is 193 Å². The summed E-state index contributed by atoms with van der Waals surface area (Å²) in [5.74, 6) is 1.78. The topological polar surface area (TPSA) is 40.5 Å². The molecule has 0 heterocycles. The van der Waals surface area contributed by atoms with Gasteiger partial charge in [-0.2, -0.15) is 0 Å². The number of carbonyl (C=O) groups is 1. The number of carbonyl (C=O) groups excluding carboxylic acids is 1. The maximum Gasteiger partial charge on any atom is 0.156 e. The van der Waals surface area contributed by atoms with Gasteiger partial charge in [-0.25, -0.2) is 0 Å². The maximum absolute atomic E-state index is 12.2. The van der Waals surface area contributed by atoms with Crippen LogP contribution >= 0.6 is 0 Å². The Hall–Kier alpha value is -1.87. The van der Waals surface area contributed by atoms with Gasteiger partial charge in [-0.05, 0) is 111 Å². The molecule has 0 bridgehead atoms. The number of benzene rings is 1. The van der Waals surface area contributed by atoms with Gasteiger partial charge < -0.3 is 10.0 Å². The molecule has 3 nitrogen and oxygen atoms in total. The van der Waals surface area contributed by atoms with Crippen molar-refractivity contribution in [3.63, 3.8) is 0 Å². The molecule has 0 radical (unpaired) electrons. The Balaban J connectivity index is 1.59. The molecule has 32 heavy (non-hydrogen) atoms. The van der Waals surface area contributed by atoms with E-state index >= 15 is 0 Å². The summed E-state index contributed by atoms with van der Waals surface area (Å²) >= 11 is 0. The molecular formula is C29H39NO2. The standard InChI is InChI=1S/C29H39NO2/c1-5-30(18(2)3)21-9-6-19(7-10-21)25-17-29(4)26(14-15-27(29)32)24-12-8-20-16-22(31)11-13-23(20)28(24)25/h6-7,9-10,16,18,24-27,32H,5,8,11-15,17H2,1-4H3. The summed E-state index contributed by atoms with van der Waals surface area (Å²) in [5.41, 5.74) is 7.10. The van der Waals surface area contributed by atoms with Crippen molar-refractivity contribution in [1.82, 2.24) is 0 Å². The zero-order valence-corrected chi connectivity index (χ0v) is 20.2. The van der Waals surface area contributed by atoms with Crippen molar-refractivity contribution in [2.45, 2.75) is 90.7 Å². The summed E-state index contributed by atoms with van der Waals surface area (Å²) in [4.78, 5) is 14.6. The maximum atomic E-state index is 12.2. The van der Waals surface area contributed by atoms with E-state index < -0.39 is 0 Å². The van der Waals surface area contributed by atoms with Gasteiger partial charge in [0.05, 0.1) is 6.10 Å². The van der Waals surface area contributed by atoms with Gasteiger partial charge >= 0.3 is 0 Å². The molecule has 4 aliphatic carbocycles. The van der Waals surface area contributed by atoms with Gasteiger partial charge in [0.25, 0.3) is 0 Å². The molecule has 1 aromatic carbocycles. The smallest absolute Gasteiger partial charge is 0.156 e. The highest BCUT2D eigenvalue weighted by atomic mass is 16.3. The second-order valence-electron chi connectivity index (χ2n) is 11.1. The van der Waals surface area contributed by atoms with Gasteiger partial charge in [-0.1, -0.05) is 24.6 Å². The van der Waals surface area contributed by atoms with Crippen LogP contribution in [0.4, 0.5) is 5.69 Å². The number of nitrogens with zero attached hydrogens (tertiary/aromatic N) is 1. The first-order chi connectivity index (χ1) is 15.3. The molecule has 0 spiro atoms. The largest absolute Gasteiger partial charge is 0.393 e. The van der Waals surface area contributed by atoms with E-state index in [4.69, 9.17) is 0 Å². The van der Waals surface area contributed by atoms with Crippen molar-refractivity contribution in [3.8, 4) is 0 Å². The van der Waals surface area contributed by atoms with Crippen LogP contribution in [-0.2, 0) is 4.79 Å². The first kappa shape index (κ1) is 21.9. The molecule has 172 valence electrons. The third-order valence-corrected chi connectivity index (χ3v) is 9.27. The lowest BCUT2D eigenvalue weighted by Crippen LogP contribution is -2.45. The Kier molecular flexibility index (Phi) is 5.60. The van der Waals surface area contributed by atoms with Gasteiger partial charge in [0.2, 0.25) is 0 Å². The van der Waals surface area contributed by atoms with Crippen LogP contribution in [0.25, 0.3) is 0 Å². The molecule has 0 saturated heterocycles. The molecule has 5 unspecified atom stereocenters. The number of hydrogen-bond donors (Lipinski definition) is 1. The lowest BCUT2D eigenvalue weighted by Gasteiger charge is -2.52. The lowest BCUT2D eigenvalue weighted by atomic mass is 9.53. The Bertz CT molecular complexity index is 956. The highest BCUT2D eigenvalue weighted by Gasteiger charge is 2.56. The molecule has 0 aromatic heterocycles. The summed E-state index contributed by atoms with van der Waals surface area (Å²) < 4.78 is 0. The van der Waals surface area contributed by atoms with Crippen molar-refractivity contribution < 1.29 is 9.90 Å². The summed E-state index contributed by atoms with van der Waals surface area (Å²) in [5, 5.41) is 11.0. The van der Waals surface area contributed by atoms with Crippen LogP contribution in [0.15, 0.2) is 47.1 Å². The SMILES string of the molecule is CCN(c1ccc(C2CC3(C)C(O)CCC3C3CCC4=CC(=O)CCC4=C23)cc1)C(C)C.